The van der Waals surface area contributed by atoms with Gasteiger partial charge in [-0.1, -0.05) is 0 Å². The summed E-state index contributed by atoms with van der Waals surface area (Å²) >= 11 is 0. The van der Waals surface area contributed by atoms with Gasteiger partial charge < -0.3 is 9.64 Å². The number of carbonyl (C=O) groups excluding carboxylic acids is 2. The zero-order valence-corrected chi connectivity index (χ0v) is 15.8. The average Bonchev–Trinajstić information content (AvgIpc) is 2.75. The zero-order valence-electron chi connectivity index (χ0n) is 15.8. The molecule has 25 heavy (non-hydrogen) atoms. The minimum atomic E-state index is -0.492. The van der Waals surface area contributed by atoms with Gasteiger partial charge in [-0.25, -0.2) is 4.79 Å². The lowest BCUT2D eigenvalue weighted by atomic mass is 9.84. The molecule has 0 radical (unpaired) electrons. The van der Waals surface area contributed by atoms with Gasteiger partial charge in [-0.15, -0.1) is 0 Å². The first-order chi connectivity index (χ1) is 11.7. The van der Waals surface area contributed by atoms with E-state index in [0.29, 0.717) is 0 Å². The molecular weight excluding hydrogens is 316 g/mol. The van der Waals surface area contributed by atoms with Crippen molar-refractivity contribution in [3.05, 3.63) is 29.1 Å². The quantitative estimate of drug-likeness (QED) is 0.759. The smallest absolute Gasteiger partial charge is 0.410 e. The Labute approximate surface area is 149 Å². The SMILES string of the molecule is Cc1ccc(C(=O)C2CC3CCC(C2)N3C(=O)OC(C)(C)C)c(C)n1. The van der Waals surface area contributed by atoms with Crippen molar-refractivity contribution in [2.75, 3.05) is 0 Å². The Balaban J connectivity index is 1.73. The minimum absolute atomic E-state index is 0.0283. The van der Waals surface area contributed by atoms with Crippen LogP contribution in [0.5, 0.6) is 0 Å². The second-order valence-corrected chi connectivity index (χ2v) is 8.39. The molecule has 5 nitrogen and oxygen atoms in total. The zero-order chi connectivity index (χ0) is 18.4. The molecule has 0 aromatic carbocycles. The van der Waals surface area contributed by atoms with Crippen LogP contribution < -0.4 is 0 Å². The van der Waals surface area contributed by atoms with Crippen molar-refractivity contribution < 1.29 is 14.3 Å². The summed E-state index contributed by atoms with van der Waals surface area (Å²) in [7, 11) is 0. The number of Topliss-reactive ketones (excluding diaryl/α,β-unsaturated/α-hetero) is 1. The molecule has 3 rings (SSSR count). The van der Waals surface area contributed by atoms with Crippen molar-refractivity contribution in [1.82, 2.24) is 9.88 Å². The van der Waals surface area contributed by atoms with Crippen LogP contribution in [0.2, 0.25) is 0 Å². The molecule has 1 aromatic rings. The summed E-state index contributed by atoms with van der Waals surface area (Å²) < 4.78 is 5.56. The lowest BCUT2D eigenvalue weighted by Crippen LogP contribution is -2.49. The van der Waals surface area contributed by atoms with Gasteiger partial charge in [0.05, 0.1) is 0 Å². The van der Waals surface area contributed by atoms with Crippen LogP contribution in [0, 0.1) is 19.8 Å². The molecule has 0 spiro atoms. The molecule has 2 fully saturated rings. The van der Waals surface area contributed by atoms with Crippen LogP contribution in [0.15, 0.2) is 12.1 Å². The molecular formula is C20H28N2O3. The number of aryl methyl sites for hydroxylation is 2. The number of piperidine rings is 1. The molecule has 2 bridgehead atoms. The number of nitrogens with zero attached hydrogens (tertiary/aromatic N) is 2. The summed E-state index contributed by atoms with van der Waals surface area (Å²) in [6.07, 6.45) is 3.13. The minimum Gasteiger partial charge on any atom is -0.444 e. The van der Waals surface area contributed by atoms with Crippen LogP contribution in [-0.4, -0.2) is 39.4 Å². The maximum atomic E-state index is 13.0. The van der Waals surface area contributed by atoms with Gasteiger partial charge in [0.2, 0.25) is 0 Å². The van der Waals surface area contributed by atoms with Gasteiger partial charge in [-0.3, -0.25) is 9.78 Å². The first-order valence-corrected chi connectivity index (χ1v) is 9.15. The van der Waals surface area contributed by atoms with E-state index < -0.39 is 5.60 Å². The third-order valence-corrected chi connectivity index (χ3v) is 5.20. The molecule has 0 N–H and O–H groups in total. The van der Waals surface area contributed by atoms with Crippen molar-refractivity contribution in [2.45, 2.75) is 78.0 Å². The Morgan fingerprint density at radius 1 is 1.12 bits per heavy atom. The van der Waals surface area contributed by atoms with Gasteiger partial charge in [0.25, 0.3) is 0 Å². The maximum Gasteiger partial charge on any atom is 0.410 e. The second-order valence-electron chi connectivity index (χ2n) is 8.39. The molecule has 2 aliphatic heterocycles. The Morgan fingerprint density at radius 2 is 1.72 bits per heavy atom. The number of pyridine rings is 1. The lowest BCUT2D eigenvalue weighted by molar-refractivity contribution is 0.00253. The van der Waals surface area contributed by atoms with Gasteiger partial charge in [0.15, 0.2) is 5.78 Å². The van der Waals surface area contributed by atoms with Gasteiger partial charge in [-0.05, 0) is 72.4 Å². The maximum absolute atomic E-state index is 13.0. The van der Waals surface area contributed by atoms with Crippen molar-refractivity contribution >= 4 is 11.9 Å². The van der Waals surface area contributed by atoms with Crippen LogP contribution in [0.1, 0.15) is 68.2 Å². The van der Waals surface area contributed by atoms with Crippen LogP contribution in [-0.2, 0) is 4.74 Å². The molecule has 136 valence electrons. The Hall–Kier alpha value is -1.91. The Kier molecular flexibility index (Phi) is 4.60. The number of aromatic nitrogens is 1. The summed E-state index contributed by atoms with van der Waals surface area (Å²) in [5.41, 5.74) is 1.95. The van der Waals surface area contributed by atoms with E-state index in [0.717, 1.165) is 42.6 Å². The molecule has 0 saturated carbocycles. The van der Waals surface area contributed by atoms with Crippen LogP contribution >= 0.6 is 0 Å². The summed E-state index contributed by atoms with van der Waals surface area (Å²) in [4.78, 5) is 31.8. The highest BCUT2D eigenvalue weighted by molar-refractivity contribution is 5.99. The van der Waals surface area contributed by atoms with E-state index in [1.807, 2.05) is 51.7 Å². The third kappa shape index (κ3) is 3.70. The molecule has 2 unspecified atom stereocenters. The van der Waals surface area contributed by atoms with E-state index in [1.165, 1.54) is 0 Å². The fourth-order valence-corrected chi connectivity index (χ4v) is 4.17. The number of ketones is 1. The topological polar surface area (TPSA) is 59.5 Å². The van der Waals surface area contributed by atoms with E-state index in [-0.39, 0.29) is 29.9 Å². The summed E-state index contributed by atoms with van der Waals surface area (Å²) in [5.74, 6) is 0.144. The van der Waals surface area contributed by atoms with E-state index in [9.17, 15) is 9.59 Å². The Bertz CT molecular complexity index is 679. The largest absolute Gasteiger partial charge is 0.444 e. The highest BCUT2D eigenvalue weighted by Gasteiger charge is 2.46. The normalized spacial score (nSPS) is 25.8. The third-order valence-electron chi connectivity index (χ3n) is 5.20. The fourth-order valence-electron chi connectivity index (χ4n) is 4.17. The van der Waals surface area contributed by atoms with E-state index >= 15 is 0 Å². The molecule has 1 amide bonds. The van der Waals surface area contributed by atoms with Crippen molar-refractivity contribution in [1.29, 1.82) is 0 Å². The Morgan fingerprint density at radius 3 is 2.24 bits per heavy atom. The van der Waals surface area contributed by atoms with Crippen molar-refractivity contribution in [3.8, 4) is 0 Å². The molecule has 5 heteroatoms. The number of rotatable bonds is 2. The summed E-state index contributed by atoms with van der Waals surface area (Å²) in [5, 5.41) is 0. The fraction of sp³-hybridized carbons (Fsp3) is 0.650. The summed E-state index contributed by atoms with van der Waals surface area (Å²) in [6.45, 7) is 9.48. The number of hydrogen-bond donors (Lipinski definition) is 0. The summed E-state index contributed by atoms with van der Waals surface area (Å²) in [6, 6.07) is 4.01. The predicted octanol–water partition coefficient (Wildman–Crippen LogP) is 4.06. The van der Waals surface area contributed by atoms with Crippen molar-refractivity contribution in [2.24, 2.45) is 5.92 Å². The lowest BCUT2D eigenvalue weighted by Gasteiger charge is -2.39. The molecule has 1 aromatic heterocycles. The van der Waals surface area contributed by atoms with E-state index in [1.54, 1.807) is 0 Å². The van der Waals surface area contributed by atoms with Crippen LogP contribution in [0.4, 0.5) is 4.79 Å². The van der Waals surface area contributed by atoms with E-state index in [4.69, 9.17) is 4.74 Å². The second kappa shape index (κ2) is 6.43. The van der Waals surface area contributed by atoms with Crippen LogP contribution in [0.25, 0.3) is 0 Å². The highest BCUT2D eigenvalue weighted by atomic mass is 16.6. The monoisotopic (exact) mass is 344 g/mol. The molecule has 2 atom stereocenters. The van der Waals surface area contributed by atoms with Gasteiger partial charge >= 0.3 is 6.09 Å². The standard InChI is InChI=1S/C20H28N2O3/c1-12-6-9-17(13(2)21-12)18(23)14-10-15-7-8-16(11-14)22(15)19(24)25-20(3,4)5/h6,9,14-16H,7-8,10-11H2,1-5H3. The first kappa shape index (κ1) is 17.9. The number of hydrogen-bond acceptors (Lipinski definition) is 4. The van der Waals surface area contributed by atoms with Gasteiger partial charge in [-0.2, -0.15) is 0 Å². The number of amides is 1. The first-order valence-electron chi connectivity index (χ1n) is 9.15. The van der Waals surface area contributed by atoms with Gasteiger partial charge in [0, 0.05) is 35.0 Å². The predicted molar refractivity (Wildman–Crippen MR) is 95.6 cm³/mol. The van der Waals surface area contributed by atoms with Gasteiger partial charge in [0.1, 0.15) is 5.60 Å². The van der Waals surface area contributed by atoms with Crippen LogP contribution in [0.3, 0.4) is 0 Å². The molecule has 3 heterocycles. The number of fused-ring (bicyclic) bond motifs is 2. The number of ether oxygens (including phenoxy) is 1. The molecule has 2 saturated heterocycles. The van der Waals surface area contributed by atoms with Crippen molar-refractivity contribution in [3.63, 3.8) is 0 Å². The molecule has 0 aliphatic carbocycles. The highest BCUT2D eigenvalue weighted by Crippen LogP contribution is 2.40. The van der Waals surface area contributed by atoms with E-state index in [2.05, 4.69) is 4.98 Å². The average molecular weight is 344 g/mol. The molecule has 2 aliphatic rings. The number of carbonyl (C=O) groups is 2.